The molecule has 11 nitrogen and oxygen atoms in total. The number of rotatable bonds is 26. The van der Waals surface area contributed by atoms with Crippen molar-refractivity contribution in [1.82, 2.24) is 0 Å². The van der Waals surface area contributed by atoms with Gasteiger partial charge < -0.3 is 23.7 Å². The number of esters is 4. The van der Waals surface area contributed by atoms with Gasteiger partial charge in [0.15, 0.2) is 0 Å². The minimum Gasteiger partial charge on any atom is -0.492 e. The van der Waals surface area contributed by atoms with Crippen molar-refractivity contribution in [2.24, 2.45) is 11.3 Å². The number of Topliss-reactive ketones (excluding diaryl/α,β-unsaturated/α-hetero) is 2. The SMILES string of the molecule is C=C(C)C(=O)OCCCc1cc(-c2ccc(C3CCC(CCCCCCC)CC3)cc2CC)ccc1OCC(COC(=O)C(=C)C)(COC(=O)C(C)=O)COC(=O)C(C)=O. The molecule has 0 aromatic heterocycles. The first kappa shape index (κ1) is 49.3. The summed E-state index contributed by atoms with van der Waals surface area (Å²) in [6.07, 6.45) is 14.7. The molecule has 3 rings (SSSR count). The van der Waals surface area contributed by atoms with Crippen molar-refractivity contribution >= 4 is 35.4 Å². The molecule has 0 aliphatic heterocycles. The average Bonchev–Trinajstić information content (AvgIpc) is 3.24. The van der Waals surface area contributed by atoms with Gasteiger partial charge in [-0.2, -0.15) is 0 Å². The highest BCUT2D eigenvalue weighted by molar-refractivity contribution is 6.32. The van der Waals surface area contributed by atoms with Gasteiger partial charge in [0.05, 0.1) is 6.61 Å². The molecule has 11 heteroatoms. The molecular formula is C49H66O11. The first-order valence-electron chi connectivity index (χ1n) is 21.5. The molecule has 328 valence electrons. The van der Waals surface area contributed by atoms with Gasteiger partial charge in [-0.3, -0.25) is 9.59 Å². The van der Waals surface area contributed by atoms with Crippen LogP contribution in [0.1, 0.15) is 135 Å². The van der Waals surface area contributed by atoms with E-state index >= 15 is 0 Å². The van der Waals surface area contributed by atoms with E-state index in [9.17, 15) is 28.8 Å². The van der Waals surface area contributed by atoms with Crippen molar-refractivity contribution in [2.45, 2.75) is 131 Å². The molecule has 0 bridgehead atoms. The van der Waals surface area contributed by atoms with Crippen molar-refractivity contribution in [3.05, 3.63) is 77.4 Å². The maximum Gasteiger partial charge on any atom is 0.374 e. The number of hydrogen-bond donors (Lipinski definition) is 0. The Hall–Kier alpha value is -5.06. The predicted octanol–water partition coefficient (Wildman–Crippen LogP) is 9.35. The lowest BCUT2D eigenvalue weighted by Gasteiger charge is -2.32. The standard InChI is InChI=1S/C49H66O11/c1-9-11-12-13-14-16-37-18-20-39(21-19-37)40-22-24-43(38(10-2)27-40)41-23-25-44(42(28-41)17-15-26-56-45(52)33(3)4)57-29-49(30-58-46(53)34(5)6,31-59-47(54)35(7)50)32-60-48(55)36(8)51/h22-25,27-28,37,39H,3,5,9-21,26,29-32H2,1-2,4,6-8H3. The molecule has 2 aromatic carbocycles. The summed E-state index contributed by atoms with van der Waals surface area (Å²) in [6.45, 7) is 15.0. The number of ketones is 2. The summed E-state index contributed by atoms with van der Waals surface area (Å²) < 4.78 is 27.8. The van der Waals surface area contributed by atoms with Crippen molar-refractivity contribution in [2.75, 3.05) is 33.0 Å². The van der Waals surface area contributed by atoms with Gasteiger partial charge in [-0.1, -0.05) is 89.8 Å². The second-order valence-corrected chi connectivity index (χ2v) is 16.4. The molecule has 0 heterocycles. The van der Waals surface area contributed by atoms with E-state index in [1.807, 2.05) is 18.2 Å². The third-order valence-corrected chi connectivity index (χ3v) is 11.1. The maximum absolute atomic E-state index is 12.5. The Morgan fingerprint density at radius 1 is 0.633 bits per heavy atom. The van der Waals surface area contributed by atoms with Gasteiger partial charge in [0.2, 0.25) is 11.6 Å². The van der Waals surface area contributed by atoms with Crippen LogP contribution in [0, 0.1) is 11.3 Å². The number of carbonyl (C=O) groups excluding carboxylic acids is 6. The molecule has 0 spiro atoms. The van der Waals surface area contributed by atoms with E-state index in [0.717, 1.165) is 42.9 Å². The highest BCUT2D eigenvalue weighted by Crippen LogP contribution is 2.40. The van der Waals surface area contributed by atoms with Gasteiger partial charge in [-0.25, -0.2) is 19.2 Å². The molecule has 1 aliphatic rings. The number of ether oxygens (including phenoxy) is 5. The van der Waals surface area contributed by atoms with Crippen LogP contribution >= 0.6 is 0 Å². The second-order valence-electron chi connectivity index (χ2n) is 16.4. The summed E-state index contributed by atoms with van der Waals surface area (Å²) in [4.78, 5) is 72.9. The van der Waals surface area contributed by atoms with Crippen molar-refractivity contribution in [3.63, 3.8) is 0 Å². The van der Waals surface area contributed by atoms with E-state index in [1.54, 1.807) is 6.92 Å². The van der Waals surface area contributed by atoms with Crippen LogP contribution in [0.15, 0.2) is 60.7 Å². The Morgan fingerprint density at radius 2 is 1.22 bits per heavy atom. The van der Waals surface area contributed by atoms with Crippen molar-refractivity contribution in [1.29, 1.82) is 0 Å². The van der Waals surface area contributed by atoms with Gasteiger partial charge in [0.25, 0.3) is 0 Å². The van der Waals surface area contributed by atoms with E-state index in [1.165, 1.54) is 82.3 Å². The maximum atomic E-state index is 12.5. The van der Waals surface area contributed by atoms with Crippen LogP contribution in [0.2, 0.25) is 0 Å². The molecule has 1 saturated carbocycles. The fourth-order valence-electron chi connectivity index (χ4n) is 7.36. The van der Waals surface area contributed by atoms with Gasteiger partial charge >= 0.3 is 23.9 Å². The minimum atomic E-state index is -1.55. The highest BCUT2D eigenvalue weighted by atomic mass is 16.6. The molecule has 60 heavy (non-hydrogen) atoms. The van der Waals surface area contributed by atoms with Crippen LogP contribution in [0.25, 0.3) is 11.1 Å². The number of hydrogen-bond acceptors (Lipinski definition) is 11. The van der Waals surface area contributed by atoms with Crippen LogP contribution in [0.4, 0.5) is 0 Å². The van der Waals surface area contributed by atoms with E-state index < -0.39 is 60.7 Å². The summed E-state index contributed by atoms with van der Waals surface area (Å²) in [5, 5.41) is 0. The second kappa shape index (κ2) is 24.9. The summed E-state index contributed by atoms with van der Waals surface area (Å²) in [7, 11) is 0. The zero-order valence-electron chi connectivity index (χ0n) is 36.8. The minimum absolute atomic E-state index is 0.0897. The van der Waals surface area contributed by atoms with Gasteiger partial charge in [0, 0.05) is 25.0 Å². The van der Waals surface area contributed by atoms with Crippen LogP contribution in [-0.2, 0) is 60.6 Å². The lowest BCUT2D eigenvalue weighted by atomic mass is 9.76. The third-order valence-electron chi connectivity index (χ3n) is 11.1. The summed E-state index contributed by atoms with van der Waals surface area (Å²) in [5.74, 6) is -3.50. The van der Waals surface area contributed by atoms with E-state index in [4.69, 9.17) is 23.7 Å². The molecule has 1 aliphatic carbocycles. The predicted molar refractivity (Wildman–Crippen MR) is 230 cm³/mol. The highest BCUT2D eigenvalue weighted by Gasteiger charge is 2.38. The third kappa shape index (κ3) is 15.8. The number of aryl methyl sites for hydroxylation is 2. The van der Waals surface area contributed by atoms with Gasteiger partial charge in [-0.05, 0) is 111 Å². The lowest BCUT2D eigenvalue weighted by Crippen LogP contribution is -2.45. The Labute approximate surface area is 356 Å². The fourth-order valence-corrected chi connectivity index (χ4v) is 7.36. The fraction of sp³-hybridized carbons (Fsp3) is 0.551. The Balaban J connectivity index is 1.94. The summed E-state index contributed by atoms with van der Waals surface area (Å²) in [5.41, 5.74) is 4.29. The zero-order valence-corrected chi connectivity index (χ0v) is 36.8. The first-order valence-corrected chi connectivity index (χ1v) is 21.5. The number of carbonyl (C=O) groups is 6. The molecule has 1 fully saturated rings. The van der Waals surface area contributed by atoms with Gasteiger partial charge in [-0.15, -0.1) is 0 Å². The lowest BCUT2D eigenvalue weighted by molar-refractivity contribution is -0.168. The molecule has 2 aromatic rings. The van der Waals surface area contributed by atoms with Crippen LogP contribution in [0.5, 0.6) is 5.75 Å². The first-order chi connectivity index (χ1) is 28.6. The van der Waals surface area contributed by atoms with E-state index in [-0.39, 0.29) is 18.8 Å². The molecule has 0 N–H and O–H groups in total. The Morgan fingerprint density at radius 3 is 1.78 bits per heavy atom. The van der Waals surface area contributed by atoms with Crippen LogP contribution < -0.4 is 4.74 Å². The largest absolute Gasteiger partial charge is 0.492 e. The smallest absolute Gasteiger partial charge is 0.374 e. The molecule has 0 saturated heterocycles. The van der Waals surface area contributed by atoms with Crippen molar-refractivity contribution in [3.8, 4) is 16.9 Å². The molecule has 0 radical (unpaired) electrons. The van der Waals surface area contributed by atoms with E-state index in [0.29, 0.717) is 30.1 Å². The van der Waals surface area contributed by atoms with Crippen LogP contribution in [-0.4, -0.2) is 68.5 Å². The average molecular weight is 831 g/mol. The molecule has 0 unspecified atom stereocenters. The molecular weight excluding hydrogens is 765 g/mol. The summed E-state index contributed by atoms with van der Waals surface area (Å²) >= 11 is 0. The quantitative estimate of drug-likeness (QED) is 0.0294. The monoisotopic (exact) mass is 830 g/mol. The van der Waals surface area contributed by atoms with Gasteiger partial charge in [0.1, 0.15) is 37.6 Å². The number of benzene rings is 2. The topological polar surface area (TPSA) is 149 Å². The zero-order chi connectivity index (χ0) is 44.2. The van der Waals surface area contributed by atoms with Crippen LogP contribution in [0.3, 0.4) is 0 Å². The molecule has 0 atom stereocenters. The number of unbranched alkanes of at least 4 members (excludes halogenated alkanes) is 4. The Kier molecular flexibility index (Phi) is 20.4. The summed E-state index contributed by atoms with van der Waals surface area (Å²) in [6, 6.07) is 12.6. The normalized spacial score (nSPS) is 15.0. The van der Waals surface area contributed by atoms with E-state index in [2.05, 4.69) is 45.2 Å². The molecule has 0 amide bonds. The van der Waals surface area contributed by atoms with Crippen molar-refractivity contribution < 1.29 is 52.5 Å². The Bertz CT molecular complexity index is 1760.